The van der Waals surface area contributed by atoms with Gasteiger partial charge in [0, 0.05) is 31.2 Å². The van der Waals surface area contributed by atoms with E-state index in [0.717, 1.165) is 64.2 Å². The minimum Gasteiger partial charge on any atom is -0.492 e. The number of hydrogen-bond acceptors (Lipinski definition) is 5. The van der Waals surface area contributed by atoms with Gasteiger partial charge in [0.05, 0.1) is 7.11 Å². The van der Waals surface area contributed by atoms with E-state index in [9.17, 15) is 4.79 Å². The number of fused-ring (bicyclic) bond motifs is 2. The fraction of sp³-hybridized carbons (Fsp3) is 0.480. The molecule has 2 aliphatic heterocycles. The lowest BCUT2D eigenvalue weighted by Gasteiger charge is -2.27. The Labute approximate surface area is 178 Å². The summed E-state index contributed by atoms with van der Waals surface area (Å²) in [5.74, 6) is 0.889. The molecule has 5 nitrogen and oxygen atoms in total. The van der Waals surface area contributed by atoms with Gasteiger partial charge in [0.25, 0.3) is 0 Å². The molecule has 1 atom stereocenters. The second kappa shape index (κ2) is 8.40. The highest BCUT2D eigenvalue weighted by Crippen LogP contribution is 2.31. The molecule has 0 spiro atoms. The number of esters is 1. The van der Waals surface area contributed by atoms with Gasteiger partial charge in [-0.1, -0.05) is 30.3 Å². The summed E-state index contributed by atoms with van der Waals surface area (Å²) in [5.41, 5.74) is 5.48. The average Bonchev–Trinajstić information content (AvgIpc) is 3.35. The zero-order valence-electron chi connectivity index (χ0n) is 17.7. The van der Waals surface area contributed by atoms with Crippen LogP contribution in [0.2, 0.25) is 0 Å². The van der Waals surface area contributed by atoms with Gasteiger partial charge < -0.3 is 9.47 Å². The lowest BCUT2D eigenvalue weighted by molar-refractivity contribution is -0.146. The third-order valence-electron chi connectivity index (χ3n) is 6.90. The Kier molecular flexibility index (Phi) is 5.48. The van der Waals surface area contributed by atoms with Crippen LogP contribution in [0.3, 0.4) is 0 Å². The number of rotatable bonds is 4. The highest BCUT2D eigenvalue weighted by Gasteiger charge is 2.32. The van der Waals surface area contributed by atoms with Crippen molar-refractivity contribution >= 4 is 5.97 Å². The van der Waals surface area contributed by atoms with Crippen molar-refractivity contribution in [3.63, 3.8) is 0 Å². The molecule has 3 aliphatic rings. The topological polar surface area (TPSA) is 42.0 Å². The fourth-order valence-electron chi connectivity index (χ4n) is 5.32. The summed E-state index contributed by atoms with van der Waals surface area (Å²) in [6.07, 6.45) is 4.18. The first kappa shape index (κ1) is 19.6. The molecule has 1 saturated heterocycles. The maximum atomic E-state index is 12.1. The lowest BCUT2D eigenvalue weighted by Crippen LogP contribution is -2.37. The van der Waals surface area contributed by atoms with Gasteiger partial charge in [-0.3, -0.25) is 14.6 Å². The monoisotopic (exact) mass is 406 g/mol. The van der Waals surface area contributed by atoms with Crippen LogP contribution in [-0.4, -0.2) is 54.7 Å². The standard InChI is InChI=1S/C25H30N2O3/c1-29-25(28)23-7-4-10-27(23)16-18-8-9-24-21(13-18)17-26(11-12-30-24)22-14-19-5-2-3-6-20(19)15-22/h2-3,5-6,8-9,13,22-23H,4,7,10-12,14-17H2,1H3/t23-/m0/s1. The molecule has 0 aromatic heterocycles. The van der Waals surface area contributed by atoms with E-state index >= 15 is 0 Å². The van der Waals surface area contributed by atoms with Gasteiger partial charge in [-0.25, -0.2) is 0 Å². The molecule has 1 fully saturated rings. The van der Waals surface area contributed by atoms with E-state index < -0.39 is 0 Å². The molecule has 0 bridgehead atoms. The van der Waals surface area contributed by atoms with Crippen molar-refractivity contribution in [1.82, 2.24) is 9.80 Å². The van der Waals surface area contributed by atoms with Gasteiger partial charge in [0.2, 0.25) is 0 Å². The maximum Gasteiger partial charge on any atom is 0.323 e. The molecule has 0 saturated carbocycles. The normalized spacial score (nSPS) is 22.2. The van der Waals surface area contributed by atoms with E-state index in [1.54, 1.807) is 0 Å². The van der Waals surface area contributed by atoms with E-state index in [0.29, 0.717) is 6.04 Å². The Morgan fingerprint density at radius 3 is 2.67 bits per heavy atom. The second-order valence-electron chi connectivity index (χ2n) is 8.74. The molecule has 2 aromatic rings. The number of carbonyl (C=O) groups is 1. The van der Waals surface area contributed by atoms with Crippen LogP contribution >= 0.6 is 0 Å². The Balaban J connectivity index is 1.31. The van der Waals surface area contributed by atoms with Crippen molar-refractivity contribution in [2.45, 2.75) is 50.9 Å². The number of methoxy groups -OCH3 is 1. The highest BCUT2D eigenvalue weighted by atomic mass is 16.5. The molecule has 5 heteroatoms. The van der Waals surface area contributed by atoms with Crippen molar-refractivity contribution < 1.29 is 14.3 Å². The third kappa shape index (κ3) is 3.84. The molecule has 0 radical (unpaired) electrons. The molecule has 5 rings (SSSR count). The summed E-state index contributed by atoms with van der Waals surface area (Å²) in [4.78, 5) is 16.9. The highest BCUT2D eigenvalue weighted by molar-refractivity contribution is 5.76. The Morgan fingerprint density at radius 2 is 1.90 bits per heavy atom. The molecule has 1 aliphatic carbocycles. The van der Waals surface area contributed by atoms with Crippen molar-refractivity contribution in [1.29, 1.82) is 0 Å². The number of ether oxygens (including phenoxy) is 2. The molecule has 0 amide bonds. The summed E-state index contributed by atoms with van der Waals surface area (Å²) in [5, 5.41) is 0. The molecule has 0 N–H and O–H groups in total. The van der Waals surface area contributed by atoms with E-state index in [4.69, 9.17) is 9.47 Å². The van der Waals surface area contributed by atoms with E-state index in [1.807, 2.05) is 0 Å². The quantitative estimate of drug-likeness (QED) is 0.730. The maximum absolute atomic E-state index is 12.1. The van der Waals surface area contributed by atoms with Crippen molar-refractivity contribution in [3.8, 4) is 5.75 Å². The smallest absolute Gasteiger partial charge is 0.323 e. The summed E-state index contributed by atoms with van der Waals surface area (Å²) in [6, 6.07) is 15.8. The van der Waals surface area contributed by atoms with Crippen LogP contribution in [0.25, 0.3) is 0 Å². The molecule has 2 aromatic carbocycles. The zero-order chi connectivity index (χ0) is 20.5. The van der Waals surface area contributed by atoms with Crippen LogP contribution in [0, 0.1) is 0 Å². The largest absolute Gasteiger partial charge is 0.492 e. The van der Waals surface area contributed by atoms with Crippen molar-refractivity contribution in [2.75, 3.05) is 26.8 Å². The van der Waals surface area contributed by atoms with E-state index in [-0.39, 0.29) is 12.0 Å². The molecular formula is C25H30N2O3. The first-order valence-electron chi connectivity index (χ1n) is 11.1. The molecule has 2 heterocycles. The Hall–Kier alpha value is -2.37. The molecular weight excluding hydrogens is 376 g/mol. The SMILES string of the molecule is COC(=O)[C@@H]1CCCN1Cc1ccc2c(c1)CN(C1Cc3ccccc3C1)CCO2. The third-order valence-corrected chi connectivity index (χ3v) is 6.90. The average molecular weight is 407 g/mol. The number of hydrogen-bond donors (Lipinski definition) is 0. The van der Waals surface area contributed by atoms with Crippen LogP contribution in [0.15, 0.2) is 42.5 Å². The van der Waals surface area contributed by atoms with Crippen LogP contribution in [-0.2, 0) is 35.5 Å². The van der Waals surface area contributed by atoms with Gasteiger partial charge in [-0.2, -0.15) is 0 Å². The molecule has 30 heavy (non-hydrogen) atoms. The number of carbonyl (C=O) groups excluding carboxylic acids is 1. The fourth-order valence-corrected chi connectivity index (χ4v) is 5.32. The summed E-state index contributed by atoms with van der Waals surface area (Å²) in [7, 11) is 1.48. The zero-order valence-corrected chi connectivity index (χ0v) is 17.7. The van der Waals surface area contributed by atoms with Gasteiger partial charge in [0.15, 0.2) is 0 Å². The van der Waals surface area contributed by atoms with Crippen LogP contribution in [0.4, 0.5) is 0 Å². The minimum absolute atomic E-state index is 0.112. The van der Waals surface area contributed by atoms with Gasteiger partial charge >= 0.3 is 5.97 Å². The lowest BCUT2D eigenvalue weighted by atomic mass is 10.1. The van der Waals surface area contributed by atoms with Crippen LogP contribution in [0.1, 0.15) is 35.1 Å². The van der Waals surface area contributed by atoms with E-state index in [1.165, 1.54) is 29.4 Å². The van der Waals surface area contributed by atoms with E-state index in [2.05, 4.69) is 52.3 Å². The van der Waals surface area contributed by atoms with Crippen molar-refractivity contribution in [2.24, 2.45) is 0 Å². The van der Waals surface area contributed by atoms with Gasteiger partial charge in [0.1, 0.15) is 18.4 Å². The first-order valence-corrected chi connectivity index (χ1v) is 11.1. The number of benzene rings is 2. The first-order chi connectivity index (χ1) is 14.7. The predicted molar refractivity (Wildman–Crippen MR) is 115 cm³/mol. The predicted octanol–water partition coefficient (Wildman–Crippen LogP) is 3.19. The van der Waals surface area contributed by atoms with Gasteiger partial charge in [-0.05, 0) is 61.1 Å². The molecule has 158 valence electrons. The summed E-state index contributed by atoms with van der Waals surface area (Å²) >= 11 is 0. The molecule has 0 unspecified atom stereocenters. The summed E-state index contributed by atoms with van der Waals surface area (Å²) < 4.78 is 11.1. The Bertz CT molecular complexity index is 903. The Morgan fingerprint density at radius 1 is 1.10 bits per heavy atom. The number of nitrogens with zero attached hydrogens (tertiary/aromatic N) is 2. The van der Waals surface area contributed by atoms with Crippen molar-refractivity contribution in [3.05, 3.63) is 64.7 Å². The minimum atomic E-state index is -0.113. The van der Waals surface area contributed by atoms with Crippen LogP contribution < -0.4 is 4.74 Å². The summed E-state index contributed by atoms with van der Waals surface area (Å²) in [6.45, 7) is 4.33. The second-order valence-corrected chi connectivity index (χ2v) is 8.74. The number of likely N-dealkylation sites (tertiary alicyclic amines) is 1. The van der Waals surface area contributed by atoms with Crippen LogP contribution in [0.5, 0.6) is 5.75 Å². The van der Waals surface area contributed by atoms with Gasteiger partial charge in [-0.15, -0.1) is 0 Å².